The lowest BCUT2D eigenvalue weighted by Gasteiger charge is -2.25. The third kappa shape index (κ3) is 3.80. The van der Waals surface area contributed by atoms with Gasteiger partial charge in [-0.2, -0.15) is 11.8 Å². The number of benzene rings is 1. The van der Waals surface area contributed by atoms with Crippen molar-refractivity contribution in [3.8, 4) is 11.5 Å². The molecule has 0 aliphatic carbocycles. The zero-order valence-electron chi connectivity index (χ0n) is 12.6. The van der Waals surface area contributed by atoms with Gasteiger partial charge in [0.2, 0.25) is 5.91 Å². The number of thioether (sulfide) groups is 2. The average molecular weight is 327 g/mol. The fraction of sp³-hybridized carbons (Fsp3) is 0.533. The van der Waals surface area contributed by atoms with Crippen molar-refractivity contribution in [3.63, 3.8) is 0 Å². The number of nitrogens with zero attached hydrogens (tertiary/aromatic N) is 1. The van der Waals surface area contributed by atoms with Gasteiger partial charge in [-0.25, -0.2) is 0 Å². The van der Waals surface area contributed by atoms with E-state index in [0.717, 1.165) is 35.8 Å². The third-order valence-electron chi connectivity index (χ3n) is 3.42. The van der Waals surface area contributed by atoms with Crippen LogP contribution in [0.4, 0.5) is 0 Å². The molecule has 1 aliphatic heterocycles. The van der Waals surface area contributed by atoms with E-state index in [1.165, 1.54) is 0 Å². The molecular weight excluding hydrogens is 306 g/mol. The summed E-state index contributed by atoms with van der Waals surface area (Å²) in [6, 6.07) is 5.75. The summed E-state index contributed by atoms with van der Waals surface area (Å²) in [5.74, 6) is 3.39. The van der Waals surface area contributed by atoms with Gasteiger partial charge in [0, 0.05) is 12.1 Å². The van der Waals surface area contributed by atoms with E-state index in [1.807, 2.05) is 34.9 Å². The molecule has 2 rings (SSSR count). The predicted octanol–water partition coefficient (Wildman–Crippen LogP) is 3.03. The molecule has 0 N–H and O–H groups in total. The van der Waals surface area contributed by atoms with Gasteiger partial charge in [0.1, 0.15) is 16.9 Å². The molecular formula is C15H21NO3S2. The van der Waals surface area contributed by atoms with E-state index in [1.54, 1.807) is 26.0 Å². The highest BCUT2D eigenvalue weighted by Crippen LogP contribution is 2.43. The molecule has 0 spiro atoms. The fourth-order valence-electron chi connectivity index (χ4n) is 2.37. The second-order valence-electron chi connectivity index (χ2n) is 4.70. The Morgan fingerprint density at radius 1 is 1.38 bits per heavy atom. The highest BCUT2D eigenvalue weighted by molar-refractivity contribution is 8.00. The van der Waals surface area contributed by atoms with Gasteiger partial charge in [-0.15, -0.1) is 11.8 Å². The van der Waals surface area contributed by atoms with Crippen molar-refractivity contribution in [2.45, 2.75) is 11.8 Å². The van der Waals surface area contributed by atoms with Crippen molar-refractivity contribution < 1.29 is 14.3 Å². The summed E-state index contributed by atoms with van der Waals surface area (Å²) in [6.07, 6.45) is 3.10. The van der Waals surface area contributed by atoms with Crippen molar-refractivity contribution in [2.24, 2.45) is 0 Å². The Balaban J connectivity index is 2.23. The van der Waals surface area contributed by atoms with Gasteiger partial charge in [0.05, 0.1) is 20.0 Å². The number of rotatable bonds is 7. The minimum absolute atomic E-state index is 0.0180. The summed E-state index contributed by atoms with van der Waals surface area (Å²) in [7, 11) is 3.31. The monoisotopic (exact) mass is 327 g/mol. The molecule has 6 heteroatoms. The van der Waals surface area contributed by atoms with E-state index in [9.17, 15) is 4.79 Å². The minimum atomic E-state index is 0.0180. The van der Waals surface area contributed by atoms with Crippen molar-refractivity contribution in [2.75, 3.05) is 38.5 Å². The van der Waals surface area contributed by atoms with Crippen LogP contribution in [0.1, 0.15) is 17.4 Å². The maximum atomic E-state index is 12.1. The maximum absolute atomic E-state index is 12.1. The SMILES string of the molecule is COc1ccc(OC)c(C2SCC(=O)N2CCCSC)c1. The number of carbonyl (C=O) groups is 1. The van der Waals surface area contributed by atoms with E-state index in [0.29, 0.717) is 5.75 Å². The molecule has 0 bridgehead atoms. The number of ether oxygens (including phenoxy) is 2. The molecule has 21 heavy (non-hydrogen) atoms. The number of hydrogen-bond acceptors (Lipinski definition) is 5. The van der Waals surface area contributed by atoms with E-state index in [-0.39, 0.29) is 11.3 Å². The molecule has 116 valence electrons. The quantitative estimate of drug-likeness (QED) is 0.720. The van der Waals surface area contributed by atoms with Crippen molar-refractivity contribution in [1.82, 2.24) is 4.90 Å². The summed E-state index contributed by atoms with van der Waals surface area (Å²) in [5, 5.41) is 0.0180. The molecule has 1 amide bonds. The van der Waals surface area contributed by atoms with Crippen molar-refractivity contribution >= 4 is 29.4 Å². The second kappa shape index (κ2) is 7.84. The highest BCUT2D eigenvalue weighted by atomic mass is 32.2. The van der Waals surface area contributed by atoms with Crippen LogP contribution >= 0.6 is 23.5 Å². The fourth-order valence-corrected chi connectivity index (χ4v) is 4.02. The lowest BCUT2D eigenvalue weighted by molar-refractivity contribution is -0.128. The molecule has 1 atom stereocenters. The number of methoxy groups -OCH3 is 2. The third-order valence-corrected chi connectivity index (χ3v) is 5.35. The van der Waals surface area contributed by atoms with E-state index < -0.39 is 0 Å². The van der Waals surface area contributed by atoms with Crippen LogP contribution in [0.2, 0.25) is 0 Å². The second-order valence-corrected chi connectivity index (χ2v) is 6.76. The summed E-state index contributed by atoms with van der Waals surface area (Å²) >= 11 is 3.46. The summed E-state index contributed by atoms with van der Waals surface area (Å²) in [4.78, 5) is 14.1. The standard InChI is InChI=1S/C15H21NO3S2/c1-18-11-5-6-13(19-2)12(9-11)15-16(7-4-8-20-3)14(17)10-21-15/h5-6,9,15H,4,7-8,10H2,1-3H3. The molecule has 0 aromatic heterocycles. The molecule has 1 saturated heterocycles. The lowest BCUT2D eigenvalue weighted by atomic mass is 10.1. The Hall–Kier alpha value is -1.01. The van der Waals surface area contributed by atoms with Gasteiger partial charge in [0.25, 0.3) is 0 Å². The molecule has 1 heterocycles. The Labute approximate surface area is 134 Å². The van der Waals surface area contributed by atoms with Crippen LogP contribution in [0.25, 0.3) is 0 Å². The van der Waals surface area contributed by atoms with Crippen molar-refractivity contribution in [1.29, 1.82) is 0 Å². The van der Waals surface area contributed by atoms with Crippen LogP contribution in [-0.2, 0) is 4.79 Å². The Bertz CT molecular complexity index is 496. The van der Waals surface area contributed by atoms with Gasteiger partial charge in [-0.1, -0.05) is 0 Å². The smallest absolute Gasteiger partial charge is 0.233 e. The predicted molar refractivity (Wildman–Crippen MR) is 89.5 cm³/mol. The topological polar surface area (TPSA) is 38.8 Å². The maximum Gasteiger partial charge on any atom is 0.233 e. The Kier molecular flexibility index (Phi) is 6.11. The van der Waals surface area contributed by atoms with Gasteiger partial charge in [0.15, 0.2) is 0 Å². The Morgan fingerprint density at radius 2 is 2.19 bits per heavy atom. The first-order valence-corrected chi connectivity index (χ1v) is 9.27. The zero-order chi connectivity index (χ0) is 15.2. The van der Waals surface area contributed by atoms with Crippen LogP contribution < -0.4 is 9.47 Å². The van der Waals surface area contributed by atoms with Gasteiger partial charge in [-0.3, -0.25) is 4.79 Å². The van der Waals surface area contributed by atoms with Crippen LogP contribution in [0, 0.1) is 0 Å². The van der Waals surface area contributed by atoms with Crippen LogP contribution in [0.5, 0.6) is 11.5 Å². The van der Waals surface area contributed by atoms with Gasteiger partial charge >= 0.3 is 0 Å². The first-order valence-electron chi connectivity index (χ1n) is 6.83. The van der Waals surface area contributed by atoms with Gasteiger partial charge in [-0.05, 0) is 36.6 Å². The average Bonchev–Trinajstić information content (AvgIpc) is 2.88. The zero-order valence-corrected chi connectivity index (χ0v) is 14.3. The van der Waals surface area contributed by atoms with E-state index in [4.69, 9.17) is 9.47 Å². The normalized spacial score (nSPS) is 18.1. The molecule has 0 saturated carbocycles. The molecule has 1 aromatic carbocycles. The van der Waals surface area contributed by atoms with Crippen molar-refractivity contribution in [3.05, 3.63) is 23.8 Å². The number of carbonyl (C=O) groups excluding carboxylic acids is 1. The molecule has 4 nitrogen and oxygen atoms in total. The summed E-state index contributed by atoms with van der Waals surface area (Å²) < 4.78 is 10.8. The molecule has 1 fully saturated rings. The van der Waals surface area contributed by atoms with E-state index in [2.05, 4.69) is 6.26 Å². The van der Waals surface area contributed by atoms with E-state index >= 15 is 0 Å². The Morgan fingerprint density at radius 3 is 2.86 bits per heavy atom. The van der Waals surface area contributed by atoms with Crippen LogP contribution in [-0.4, -0.2) is 49.3 Å². The molecule has 1 aromatic rings. The molecule has 0 radical (unpaired) electrons. The first kappa shape index (κ1) is 16.4. The first-order chi connectivity index (χ1) is 10.2. The number of hydrogen-bond donors (Lipinski definition) is 0. The largest absolute Gasteiger partial charge is 0.497 e. The number of amides is 1. The lowest BCUT2D eigenvalue weighted by Crippen LogP contribution is -2.29. The minimum Gasteiger partial charge on any atom is -0.497 e. The van der Waals surface area contributed by atoms with Gasteiger partial charge < -0.3 is 14.4 Å². The summed E-state index contributed by atoms with van der Waals surface area (Å²) in [5.41, 5.74) is 1.01. The molecule has 1 unspecified atom stereocenters. The summed E-state index contributed by atoms with van der Waals surface area (Å²) in [6.45, 7) is 0.789. The van der Waals surface area contributed by atoms with Crippen LogP contribution in [0.3, 0.4) is 0 Å². The highest BCUT2D eigenvalue weighted by Gasteiger charge is 2.34. The molecule has 1 aliphatic rings. The van der Waals surface area contributed by atoms with Crippen LogP contribution in [0.15, 0.2) is 18.2 Å².